The fourth-order valence-electron chi connectivity index (χ4n) is 3.27. The maximum absolute atomic E-state index is 12.7. The quantitative estimate of drug-likeness (QED) is 0.387. The standard InChI is InChI=1S/C25H21F3N4O/c1-16(2)18-4-3-5-19(14-18)24(33)30-21-10-6-17(7-11-21)23-29-15-32(31-23)22-12-8-20(9-13-22)25(26,27)28/h3-16H,1-2H3,(H,30,33). The summed E-state index contributed by atoms with van der Waals surface area (Å²) in [5.74, 6) is 0.541. The number of nitrogens with zero attached hydrogens (tertiary/aromatic N) is 3. The lowest BCUT2D eigenvalue weighted by Gasteiger charge is -2.09. The number of anilines is 1. The fraction of sp³-hybridized carbons (Fsp3) is 0.160. The Morgan fingerprint density at radius 2 is 1.67 bits per heavy atom. The molecular formula is C25H21F3N4O. The van der Waals surface area contributed by atoms with Gasteiger partial charge in [0, 0.05) is 16.8 Å². The number of amides is 1. The van der Waals surface area contributed by atoms with E-state index in [2.05, 4.69) is 29.2 Å². The van der Waals surface area contributed by atoms with Crippen molar-refractivity contribution in [1.82, 2.24) is 14.8 Å². The zero-order chi connectivity index (χ0) is 23.6. The zero-order valence-corrected chi connectivity index (χ0v) is 18.0. The molecule has 0 saturated heterocycles. The summed E-state index contributed by atoms with van der Waals surface area (Å²) in [7, 11) is 0. The van der Waals surface area contributed by atoms with Crippen molar-refractivity contribution in [3.63, 3.8) is 0 Å². The third kappa shape index (κ3) is 5.11. The highest BCUT2D eigenvalue weighted by Crippen LogP contribution is 2.29. The number of hydrogen-bond donors (Lipinski definition) is 1. The van der Waals surface area contributed by atoms with Gasteiger partial charge < -0.3 is 5.32 Å². The van der Waals surface area contributed by atoms with Crippen LogP contribution in [0.25, 0.3) is 17.1 Å². The van der Waals surface area contributed by atoms with Gasteiger partial charge in [-0.1, -0.05) is 26.0 Å². The van der Waals surface area contributed by atoms with Crippen molar-refractivity contribution in [2.75, 3.05) is 5.32 Å². The van der Waals surface area contributed by atoms with Crippen molar-refractivity contribution in [1.29, 1.82) is 0 Å². The first kappa shape index (κ1) is 22.3. The summed E-state index contributed by atoms with van der Waals surface area (Å²) < 4.78 is 39.6. The van der Waals surface area contributed by atoms with Crippen LogP contribution in [0.1, 0.15) is 41.3 Å². The van der Waals surface area contributed by atoms with Crippen molar-refractivity contribution >= 4 is 11.6 Å². The zero-order valence-electron chi connectivity index (χ0n) is 18.0. The number of aromatic nitrogens is 3. The highest BCUT2D eigenvalue weighted by Gasteiger charge is 2.30. The van der Waals surface area contributed by atoms with Gasteiger partial charge in [0.25, 0.3) is 5.91 Å². The highest BCUT2D eigenvalue weighted by molar-refractivity contribution is 6.04. The Balaban J connectivity index is 1.46. The lowest BCUT2D eigenvalue weighted by Crippen LogP contribution is -2.12. The number of rotatable bonds is 5. The number of halogens is 3. The summed E-state index contributed by atoms with van der Waals surface area (Å²) in [5.41, 5.74) is 2.76. The molecule has 0 spiro atoms. The van der Waals surface area contributed by atoms with Crippen LogP contribution >= 0.6 is 0 Å². The van der Waals surface area contributed by atoms with Gasteiger partial charge in [-0.05, 0) is 72.1 Å². The van der Waals surface area contributed by atoms with Crippen LogP contribution in [-0.2, 0) is 6.18 Å². The normalized spacial score (nSPS) is 11.6. The Morgan fingerprint density at radius 3 is 2.30 bits per heavy atom. The van der Waals surface area contributed by atoms with Gasteiger partial charge >= 0.3 is 6.18 Å². The Bertz CT molecular complexity index is 1260. The first-order chi connectivity index (χ1) is 15.7. The molecule has 168 valence electrons. The van der Waals surface area contributed by atoms with Crippen LogP contribution in [0, 0.1) is 0 Å². The van der Waals surface area contributed by atoms with E-state index in [-0.39, 0.29) is 5.91 Å². The van der Waals surface area contributed by atoms with Gasteiger partial charge in [0.1, 0.15) is 6.33 Å². The Morgan fingerprint density at radius 1 is 0.970 bits per heavy atom. The molecule has 4 aromatic rings. The van der Waals surface area contributed by atoms with Crippen LogP contribution in [0.5, 0.6) is 0 Å². The molecule has 1 heterocycles. The van der Waals surface area contributed by atoms with E-state index in [4.69, 9.17) is 0 Å². The van der Waals surface area contributed by atoms with Crippen molar-refractivity contribution in [2.45, 2.75) is 25.9 Å². The topological polar surface area (TPSA) is 59.8 Å². The molecule has 0 fully saturated rings. The summed E-state index contributed by atoms with van der Waals surface area (Å²) in [5, 5.41) is 7.22. The van der Waals surface area contributed by atoms with E-state index in [9.17, 15) is 18.0 Å². The molecule has 0 aliphatic rings. The van der Waals surface area contributed by atoms with E-state index in [1.807, 2.05) is 18.2 Å². The van der Waals surface area contributed by atoms with Crippen LogP contribution < -0.4 is 5.32 Å². The maximum Gasteiger partial charge on any atom is 0.416 e. The second-order valence-electron chi connectivity index (χ2n) is 7.87. The van der Waals surface area contributed by atoms with Crippen LogP contribution in [0.3, 0.4) is 0 Å². The summed E-state index contributed by atoms with van der Waals surface area (Å²) in [4.78, 5) is 16.8. The second-order valence-corrected chi connectivity index (χ2v) is 7.87. The van der Waals surface area contributed by atoms with Crippen molar-refractivity contribution < 1.29 is 18.0 Å². The number of nitrogens with one attached hydrogen (secondary N) is 1. The Hall–Kier alpha value is -3.94. The van der Waals surface area contributed by atoms with Gasteiger partial charge in [-0.25, -0.2) is 9.67 Å². The molecule has 5 nitrogen and oxygen atoms in total. The van der Waals surface area contributed by atoms with Crippen LogP contribution in [0.2, 0.25) is 0 Å². The molecule has 33 heavy (non-hydrogen) atoms. The van der Waals surface area contributed by atoms with E-state index >= 15 is 0 Å². The van der Waals surface area contributed by atoms with Crippen LogP contribution in [0.15, 0.2) is 79.1 Å². The highest BCUT2D eigenvalue weighted by atomic mass is 19.4. The third-order valence-electron chi connectivity index (χ3n) is 5.17. The summed E-state index contributed by atoms with van der Waals surface area (Å²) in [6.07, 6.45) is -2.95. The third-order valence-corrected chi connectivity index (χ3v) is 5.17. The summed E-state index contributed by atoms with van der Waals surface area (Å²) in [6.45, 7) is 4.14. The maximum atomic E-state index is 12.7. The minimum absolute atomic E-state index is 0.199. The molecule has 0 atom stereocenters. The van der Waals surface area contributed by atoms with Gasteiger partial charge in [-0.15, -0.1) is 5.10 Å². The van der Waals surface area contributed by atoms with Crippen molar-refractivity contribution in [3.05, 3.63) is 95.8 Å². The molecule has 1 N–H and O–H groups in total. The van der Waals surface area contributed by atoms with Gasteiger partial charge in [0.15, 0.2) is 5.82 Å². The molecule has 4 rings (SSSR count). The molecule has 0 radical (unpaired) electrons. The Labute approximate surface area is 188 Å². The summed E-state index contributed by atoms with van der Waals surface area (Å²) in [6, 6.07) is 19.2. The monoisotopic (exact) mass is 450 g/mol. The number of carbonyl (C=O) groups is 1. The summed E-state index contributed by atoms with van der Waals surface area (Å²) >= 11 is 0. The molecule has 0 aliphatic heterocycles. The SMILES string of the molecule is CC(C)c1cccc(C(=O)Nc2ccc(-c3ncn(-c4ccc(C(F)(F)F)cc4)n3)cc2)c1. The minimum atomic E-state index is -4.39. The van der Waals surface area contributed by atoms with E-state index < -0.39 is 11.7 Å². The molecular weight excluding hydrogens is 429 g/mol. The number of benzene rings is 3. The minimum Gasteiger partial charge on any atom is -0.322 e. The number of hydrogen-bond acceptors (Lipinski definition) is 3. The lowest BCUT2D eigenvalue weighted by atomic mass is 10.0. The molecule has 8 heteroatoms. The average molecular weight is 450 g/mol. The molecule has 0 bridgehead atoms. The molecule has 0 saturated carbocycles. The van der Waals surface area contributed by atoms with Gasteiger partial charge in [0.05, 0.1) is 11.3 Å². The number of alkyl halides is 3. The molecule has 3 aromatic carbocycles. The van der Waals surface area contributed by atoms with E-state index in [0.29, 0.717) is 34.2 Å². The van der Waals surface area contributed by atoms with Crippen LogP contribution in [0.4, 0.5) is 18.9 Å². The van der Waals surface area contributed by atoms with Crippen molar-refractivity contribution in [3.8, 4) is 17.1 Å². The van der Waals surface area contributed by atoms with E-state index in [1.165, 1.54) is 23.1 Å². The fourth-order valence-corrected chi connectivity index (χ4v) is 3.27. The molecule has 0 aliphatic carbocycles. The van der Waals surface area contributed by atoms with Crippen molar-refractivity contribution in [2.24, 2.45) is 0 Å². The predicted octanol–water partition coefficient (Wildman–Crippen LogP) is 6.33. The molecule has 0 unspecified atom stereocenters. The Kier molecular flexibility index (Phi) is 6.00. The smallest absolute Gasteiger partial charge is 0.322 e. The number of carbonyl (C=O) groups excluding carboxylic acids is 1. The van der Waals surface area contributed by atoms with Gasteiger partial charge in [-0.2, -0.15) is 13.2 Å². The van der Waals surface area contributed by atoms with Gasteiger partial charge in [-0.3, -0.25) is 4.79 Å². The molecule has 1 amide bonds. The first-order valence-electron chi connectivity index (χ1n) is 10.3. The van der Waals surface area contributed by atoms with E-state index in [0.717, 1.165) is 17.7 Å². The second kappa shape index (κ2) is 8.90. The van der Waals surface area contributed by atoms with Crippen LogP contribution in [-0.4, -0.2) is 20.7 Å². The molecule has 1 aromatic heterocycles. The largest absolute Gasteiger partial charge is 0.416 e. The van der Waals surface area contributed by atoms with Gasteiger partial charge in [0.2, 0.25) is 0 Å². The predicted molar refractivity (Wildman–Crippen MR) is 120 cm³/mol. The average Bonchev–Trinajstić information content (AvgIpc) is 3.29. The van der Waals surface area contributed by atoms with E-state index in [1.54, 1.807) is 30.3 Å². The first-order valence-corrected chi connectivity index (χ1v) is 10.3. The lowest BCUT2D eigenvalue weighted by molar-refractivity contribution is -0.137.